The number of aliphatic hydroxyl groups is 1. The Hall–Kier alpha value is -5.58. The van der Waals surface area contributed by atoms with E-state index in [1.807, 2.05) is 18.2 Å². The van der Waals surface area contributed by atoms with Crippen molar-refractivity contribution in [3.63, 3.8) is 0 Å². The highest BCUT2D eigenvalue weighted by Crippen LogP contribution is 2.45. The number of ether oxygens (including phenoxy) is 4. The monoisotopic (exact) mass is 1550 g/mol. The summed E-state index contributed by atoms with van der Waals surface area (Å²) in [5.74, 6) is -2.33. The van der Waals surface area contributed by atoms with E-state index in [2.05, 4.69) is 180 Å². The largest absolute Gasteiger partial charge is 0.472 e. The van der Waals surface area contributed by atoms with Gasteiger partial charge in [0.05, 0.1) is 26.4 Å². The number of rotatable bonds is 76. The van der Waals surface area contributed by atoms with Crippen LogP contribution in [0.4, 0.5) is 0 Å². The molecule has 5 unspecified atom stereocenters. The summed E-state index contributed by atoms with van der Waals surface area (Å²) in [6.45, 7) is 4.46. The average Bonchev–Trinajstić information content (AvgIpc) is 0.923. The average molecular weight is 1550 g/mol. The van der Waals surface area contributed by atoms with Gasteiger partial charge in [0.15, 0.2) is 12.2 Å². The van der Waals surface area contributed by atoms with E-state index in [-0.39, 0.29) is 25.7 Å². The number of aliphatic hydroxyl groups excluding tert-OH is 1. The minimum Gasteiger partial charge on any atom is -0.462 e. The number of carbonyl (C=O) groups excluding carboxylic acids is 4. The van der Waals surface area contributed by atoms with Crippen molar-refractivity contribution in [3.8, 4) is 0 Å². The summed E-state index contributed by atoms with van der Waals surface area (Å²) in [5, 5.41) is 10.7. The van der Waals surface area contributed by atoms with Crippen molar-refractivity contribution < 1.29 is 80.2 Å². The third kappa shape index (κ3) is 78.5. The molecule has 108 heavy (non-hydrogen) atoms. The van der Waals surface area contributed by atoms with Gasteiger partial charge in [0.1, 0.15) is 19.3 Å². The van der Waals surface area contributed by atoms with Crippen LogP contribution >= 0.6 is 15.6 Å². The summed E-state index contributed by atoms with van der Waals surface area (Å²) in [6.07, 6.45) is 94.8. The molecule has 0 rings (SSSR count). The molecule has 0 spiro atoms. The maximum atomic E-state index is 13.1. The number of carbonyl (C=O) groups is 4. The molecular weight excluding hydrogens is 1400 g/mol. The number of hydrogen-bond donors (Lipinski definition) is 3. The summed E-state index contributed by atoms with van der Waals surface area (Å²) in [7, 11) is -10.0. The van der Waals surface area contributed by atoms with E-state index < -0.39 is 97.5 Å². The highest BCUT2D eigenvalue weighted by molar-refractivity contribution is 7.47. The van der Waals surface area contributed by atoms with E-state index in [1.165, 1.54) is 38.5 Å². The highest BCUT2D eigenvalue weighted by Gasteiger charge is 2.30. The molecule has 0 aliphatic rings. The van der Waals surface area contributed by atoms with Gasteiger partial charge in [0.2, 0.25) is 0 Å². The molecule has 0 aromatic carbocycles. The Morgan fingerprint density at radius 1 is 0.269 bits per heavy atom. The predicted octanol–water partition coefficient (Wildman–Crippen LogP) is 24.6. The number of phosphoric ester groups is 2. The van der Waals surface area contributed by atoms with Crippen LogP contribution in [-0.4, -0.2) is 96.7 Å². The lowest BCUT2D eigenvalue weighted by Crippen LogP contribution is -2.30. The zero-order valence-corrected chi connectivity index (χ0v) is 69.0. The van der Waals surface area contributed by atoms with E-state index in [0.717, 1.165) is 186 Å². The van der Waals surface area contributed by atoms with Crippen LogP contribution in [0.25, 0.3) is 0 Å². The van der Waals surface area contributed by atoms with E-state index in [0.29, 0.717) is 32.1 Å². The van der Waals surface area contributed by atoms with E-state index in [4.69, 9.17) is 37.0 Å². The van der Waals surface area contributed by atoms with Gasteiger partial charge in [-0.25, -0.2) is 9.13 Å². The molecule has 0 bridgehead atoms. The first kappa shape index (κ1) is 102. The second kappa shape index (κ2) is 79.5. The molecule has 5 atom stereocenters. The topological polar surface area (TPSA) is 237 Å². The molecule has 17 nitrogen and oxygen atoms in total. The lowest BCUT2D eigenvalue weighted by molar-refractivity contribution is -0.161. The van der Waals surface area contributed by atoms with Gasteiger partial charge in [-0.1, -0.05) is 288 Å². The molecule has 0 aromatic rings. The molecule has 0 amide bonds. The first-order valence-corrected chi connectivity index (χ1v) is 44.4. The summed E-state index contributed by atoms with van der Waals surface area (Å²) in [4.78, 5) is 73.1. The second-order valence-corrected chi connectivity index (χ2v) is 29.8. The van der Waals surface area contributed by atoms with Crippen LogP contribution in [0.5, 0.6) is 0 Å². The van der Waals surface area contributed by atoms with Crippen LogP contribution in [0.1, 0.15) is 310 Å². The van der Waals surface area contributed by atoms with Gasteiger partial charge in [-0.3, -0.25) is 37.3 Å². The molecular formula is C89H146O17P2. The number of esters is 4. The lowest BCUT2D eigenvalue weighted by Gasteiger charge is -2.21. The third-order valence-electron chi connectivity index (χ3n) is 16.7. The summed E-state index contributed by atoms with van der Waals surface area (Å²) in [5.41, 5.74) is 0. The molecule has 0 aliphatic carbocycles. The standard InChI is InChI=1S/C89H146O17P2/c1-5-9-13-17-21-25-29-33-37-39-41-43-47-49-53-57-61-65-69-73-86(91)99-79-84(105-88(93)75-71-67-63-59-55-51-45-35-31-27-23-19-15-11-7-3)81-103-107(95,96)101-77-83(90)78-102-108(97,98)104-82-85(106-89(94)76-72-68-64-60-56-52-46-36-32-28-24-20-16-12-8-4)80-100-87(92)74-70-66-62-58-54-50-48-44-42-40-38-34-30-26-22-18-14-10-6-2/h9,11,13,15,21-28,33-38,41-46,49,53,61,65,83-85,90H,5-8,10,12,14,16-20,29-32,39-40,47-48,50-52,54-60,62-64,66-82H2,1-4H3,(H,95,96)(H,97,98)/b13-9-,15-11-,25-21-,26-22-,27-23-,28-24-,37-33-,38-34-,43-41-,44-42-,45-35-,46-36-,53-49-,65-61-. The molecule has 0 radical (unpaired) electrons. The lowest BCUT2D eigenvalue weighted by atomic mass is 10.1. The van der Waals surface area contributed by atoms with E-state index in [9.17, 15) is 43.2 Å². The first-order valence-electron chi connectivity index (χ1n) is 41.4. The van der Waals surface area contributed by atoms with Gasteiger partial charge < -0.3 is 33.8 Å². The van der Waals surface area contributed by atoms with Crippen molar-refractivity contribution in [2.24, 2.45) is 0 Å². The van der Waals surface area contributed by atoms with Crippen molar-refractivity contribution in [2.45, 2.75) is 329 Å². The molecule has 0 aromatic heterocycles. The van der Waals surface area contributed by atoms with Gasteiger partial charge in [0, 0.05) is 25.7 Å². The normalized spacial score (nSPS) is 14.7. The SMILES string of the molecule is CC/C=C\C/C=C\C/C=C\C/C=C\C/C=C\C/C=C\CCC(=O)OCC(COP(=O)(O)OCC(O)COP(=O)(O)OCC(COC(=O)CCCCCCCC/C=C\C/C=C\C/C=C\CCCCC)OC(=O)CCCCCCC/C=C\C/C=C\CCCCC)OC(=O)CCCCCCC/C=C\C/C=C\C/C=C\CC. The summed E-state index contributed by atoms with van der Waals surface area (Å²) < 4.78 is 68.6. The van der Waals surface area contributed by atoms with Gasteiger partial charge in [-0.15, -0.1) is 0 Å². The Labute approximate surface area is 654 Å². The van der Waals surface area contributed by atoms with E-state index in [1.54, 1.807) is 0 Å². The Morgan fingerprint density at radius 2 is 0.500 bits per heavy atom. The number of unbranched alkanes of at least 4 members (excludes halogenated alkanes) is 22. The van der Waals surface area contributed by atoms with Crippen LogP contribution < -0.4 is 0 Å². The van der Waals surface area contributed by atoms with Crippen molar-refractivity contribution in [2.75, 3.05) is 39.6 Å². The van der Waals surface area contributed by atoms with Gasteiger partial charge >= 0.3 is 39.5 Å². The molecule has 0 fully saturated rings. The molecule has 614 valence electrons. The highest BCUT2D eigenvalue weighted by atomic mass is 31.2. The zero-order chi connectivity index (χ0) is 78.9. The van der Waals surface area contributed by atoms with Gasteiger partial charge in [0.25, 0.3) is 0 Å². The van der Waals surface area contributed by atoms with Crippen LogP contribution in [0.2, 0.25) is 0 Å². The molecule has 0 saturated carbocycles. The van der Waals surface area contributed by atoms with Crippen molar-refractivity contribution in [1.82, 2.24) is 0 Å². The number of phosphoric acid groups is 2. The maximum absolute atomic E-state index is 13.1. The predicted molar refractivity (Wildman–Crippen MR) is 445 cm³/mol. The number of hydrogen-bond acceptors (Lipinski definition) is 15. The molecule has 0 saturated heterocycles. The third-order valence-corrected chi connectivity index (χ3v) is 18.6. The quantitative estimate of drug-likeness (QED) is 0.0169. The zero-order valence-electron chi connectivity index (χ0n) is 67.2. The molecule has 0 heterocycles. The summed E-state index contributed by atoms with van der Waals surface area (Å²) >= 11 is 0. The van der Waals surface area contributed by atoms with Crippen molar-refractivity contribution in [3.05, 3.63) is 170 Å². The summed E-state index contributed by atoms with van der Waals surface area (Å²) in [6, 6.07) is 0. The fourth-order valence-electron chi connectivity index (χ4n) is 10.4. The Kier molecular flexibility index (Phi) is 75.4. The van der Waals surface area contributed by atoms with Gasteiger partial charge in [-0.2, -0.15) is 0 Å². The molecule has 0 aliphatic heterocycles. The fraction of sp³-hybridized carbons (Fsp3) is 0.640. The van der Waals surface area contributed by atoms with Crippen LogP contribution in [0, 0.1) is 0 Å². The molecule has 3 N–H and O–H groups in total. The Bertz CT molecular complexity index is 2710. The first-order chi connectivity index (χ1) is 52.7. The Morgan fingerprint density at radius 3 is 0.796 bits per heavy atom. The van der Waals surface area contributed by atoms with Crippen LogP contribution in [0.15, 0.2) is 170 Å². The van der Waals surface area contributed by atoms with Crippen LogP contribution in [-0.2, 0) is 65.4 Å². The van der Waals surface area contributed by atoms with E-state index >= 15 is 0 Å². The number of allylic oxidation sites excluding steroid dienone is 28. The second-order valence-electron chi connectivity index (χ2n) is 26.9. The van der Waals surface area contributed by atoms with Crippen molar-refractivity contribution >= 4 is 39.5 Å². The maximum Gasteiger partial charge on any atom is 0.472 e. The van der Waals surface area contributed by atoms with Crippen molar-refractivity contribution in [1.29, 1.82) is 0 Å². The van der Waals surface area contributed by atoms with Gasteiger partial charge in [-0.05, 0) is 167 Å². The Balaban J connectivity index is 5.47. The molecule has 19 heteroatoms. The van der Waals surface area contributed by atoms with Crippen LogP contribution in [0.3, 0.4) is 0 Å². The minimum atomic E-state index is -5.01. The smallest absolute Gasteiger partial charge is 0.462 e. The fourth-order valence-corrected chi connectivity index (χ4v) is 12.0. The minimum absolute atomic E-state index is 0.0261.